The minimum atomic E-state index is -1.02. The highest BCUT2D eigenvalue weighted by molar-refractivity contribution is 5.92. The second kappa shape index (κ2) is 5.38. The van der Waals surface area contributed by atoms with Gasteiger partial charge >= 0.3 is 0 Å². The van der Waals surface area contributed by atoms with Gasteiger partial charge in [-0.25, -0.2) is 18.7 Å². The summed E-state index contributed by atoms with van der Waals surface area (Å²) in [4.78, 5) is 18.9. The van der Waals surface area contributed by atoms with Crippen molar-refractivity contribution in [2.45, 2.75) is 6.54 Å². The van der Waals surface area contributed by atoms with E-state index in [1.165, 1.54) is 6.20 Å². The average molecular weight is 264 g/mol. The molecule has 19 heavy (non-hydrogen) atoms. The van der Waals surface area contributed by atoms with E-state index in [-0.39, 0.29) is 12.4 Å². The first-order valence-electron chi connectivity index (χ1n) is 5.36. The maximum absolute atomic E-state index is 13.3. The van der Waals surface area contributed by atoms with Crippen molar-refractivity contribution in [1.82, 2.24) is 15.3 Å². The smallest absolute Gasteiger partial charge is 0.273 e. The van der Waals surface area contributed by atoms with E-state index in [9.17, 15) is 13.6 Å². The Morgan fingerprint density at radius 3 is 2.84 bits per heavy atom. The van der Waals surface area contributed by atoms with Crippen LogP contribution in [0.15, 0.2) is 30.6 Å². The zero-order valence-corrected chi connectivity index (χ0v) is 9.73. The summed E-state index contributed by atoms with van der Waals surface area (Å²) in [5, 5.41) is 2.43. The zero-order chi connectivity index (χ0) is 13.8. The van der Waals surface area contributed by atoms with E-state index in [2.05, 4.69) is 15.3 Å². The molecule has 98 valence electrons. The molecule has 0 bridgehead atoms. The Balaban J connectivity index is 2.08. The molecule has 2 aromatic heterocycles. The number of nitrogen functional groups attached to an aromatic ring is 1. The van der Waals surface area contributed by atoms with Crippen LogP contribution in [0.3, 0.4) is 0 Å². The van der Waals surface area contributed by atoms with E-state index in [0.29, 0.717) is 11.6 Å². The van der Waals surface area contributed by atoms with Crippen molar-refractivity contribution in [1.29, 1.82) is 0 Å². The summed E-state index contributed by atoms with van der Waals surface area (Å²) in [7, 11) is 0. The van der Waals surface area contributed by atoms with Gasteiger partial charge in [0.1, 0.15) is 11.6 Å². The van der Waals surface area contributed by atoms with Crippen molar-refractivity contribution in [3.05, 3.63) is 53.5 Å². The van der Waals surface area contributed by atoms with Crippen molar-refractivity contribution in [2.24, 2.45) is 0 Å². The zero-order valence-electron chi connectivity index (χ0n) is 9.73. The van der Waals surface area contributed by atoms with Crippen molar-refractivity contribution in [3.63, 3.8) is 0 Å². The molecule has 1 amide bonds. The van der Waals surface area contributed by atoms with E-state index < -0.39 is 23.2 Å². The lowest BCUT2D eigenvalue weighted by atomic mass is 10.2. The van der Waals surface area contributed by atoms with Crippen LogP contribution < -0.4 is 11.1 Å². The molecule has 0 spiro atoms. The molecule has 5 nitrogen and oxygen atoms in total. The number of hydrogen-bond acceptors (Lipinski definition) is 4. The highest BCUT2D eigenvalue weighted by atomic mass is 19.1. The fourth-order valence-corrected chi connectivity index (χ4v) is 1.44. The summed E-state index contributed by atoms with van der Waals surface area (Å²) in [5.41, 5.74) is 5.72. The molecule has 0 aliphatic rings. The fraction of sp³-hybridized carbons (Fsp3) is 0.0833. The van der Waals surface area contributed by atoms with Gasteiger partial charge in [-0.3, -0.25) is 4.79 Å². The van der Waals surface area contributed by atoms with E-state index in [1.54, 1.807) is 12.1 Å². The van der Waals surface area contributed by atoms with Crippen molar-refractivity contribution >= 4 is 11.7 Å². The minimum Gasteiger partial charge on any atom is -0.383 e. The quantitative estimate of drug-likeness (QED) is 0.874. The molecule has 0 aromatic carbocycles. The molecule has 0 radical (unpaired) electrons. The summed E-state index contributed by atoms with van der Waals surface area (Å²) in [6.07, 6.45) is 2.29. The first-order chi connectivity index (χ1) is 9.08. The van der Waals surface area contributed by atoms with Crippen molar-refractivity contribution < 1.29 is 13.6 Å². The third-order valence-electron chi connectivity index (χ3n) is 2.39. The number of anilines is 1. The lowest BCUT2D eigenvalue weighted by Crippen LogP contribution is -2.25. The molecule has 0 atom stereocenters. The van der Waals surface area contributed by atoms with Crippen LogP contribution in [-0.2, 0) is 6.54 Å². The molecule has 2 heterocycles. The molecule has 0 aliphatic heterocycles. The minimum absolute atomic E-state index is 0.0804. The number of nitrogens with two attached hydrogens (primary N) is 1. The number of aromatic nitrogens is 2. The third kappa shape index (κ3) is 3.01. The second-order valence-corrected chi connectivity index (χ2v) is 3.71. The summed E-state index contributed by atoms with van der Waals surface area (Å²) in [6, 6.07) is 3.94. The lowest BCUT2D eigenvalue weighted by molar-refractivity contribution is 0.0941. The number of halogens is 2. The predicted octanol–water partition coefficient (Wildman–Crippen LogP) is 1.27. The number of pyridine rings is 2. The largest absolute Gasteiger partial charge is 0.383 e. The number of nitrogens with zero attached hydrogens (tertiary/aromatic N) is 2. The first-order valence-corrected chi connectivity index (χ1v) is 5.36. The van der Waals surface area contributed by atoms with Gasteiger partial charge in [-0.05, 0) is 6.07 Å². The Kier molecular flexibility index (Phi) is 3.65. The molecular formula is C12H10F2N4O. The Hall–Kier alpha value is -2.57. The molecule has 0 aliphatic carbocycles. The van der Waals surface area contributed by atoms with Crippen molar-refractivity contribution in [3.8, 4) is 0 Å². The van der Waals surface area contributed by atoms with E-state index >= 15 is 0 Å². The van der Waals surface area contributed by atoms with Gasteiger partial charge in [0.25, 0.3) is 5.91 Å². The van der Waals surface area contributed by atoms with Crippen LogP contribution in [0.1, 0.15) is 16.1 Å². The molecule has 0 saturated carbocycles. The Labute approximate surface area is 107 Å². The molecule has 0 saturated heterocycles. The van der Waals surface area contributed by atoms with Crippen LogP contribution >= 0.6 is 0 Å². The molecule has 7 heteroatoms. The maximum atomic E-state index is 13.3. The SMILES string of the molecule is Nc1ncccc1CNC(=O)c1ncc(F)cc1F. The van der Waals surface area contributed by atoms with Gasteiger partial charge in [-0.2, -0.15) is 0 Å². The van der Waals surface area contributed by atoms with Gasteiger partial charge in [-0.15, -0.1) is 0 Å². The van der Waals surface area contributed by atoms with Crippen LogP contribution in [0.4, 0.5) is 14.6 Å². The first kappa shape index (κ1) is 12.9. The monoisotopic (exact) mass is 264 g/mol. The number of amides is 1. The highest BCUT2D eigenvalue weighted by Crippen LogP contribution is 2.08. The topological polar surface area (TPSA) is 80.9 Å². The highest BCUT2D eigenvalue weighted by Gasteiger charge is 2.14. The average Bonchev–Trinajstić information content (AvgIpc) is 2.37. The molecule has 2 aromatic rings. The van der Waals surface area contributed by atoms with Gasteiger partial charge in [0.15, 0.2) is 11.5 Å². The number of rotatable bonds is 3. The van der Waals surface area contributed by atoms with E-state index in [4.69, 9.17) is 5.73 Å². The summed E-state index contributed by atoms with van der Waals surface area (Å²) in [6.45, 7) is 0.0804. The summed E-state index contributed by atoms with van der Waals surface area (Å²) < 4.78 is 26.0. The molecule has 0 unspecified atom stereocenters. The predicted molar refractivity (Wildman–Crippen MR) is 64.0 cm³/mol. The fourth-order valence-electron chi connectivity index (χ4n) is 1.44. The Morgan fingerprint density at radius 2 is 2.16 bits per heavy atom. The van der Waals surface area contributed by atoms with Crippen LogP contribution in [0, 0.1) is 11.6 Å². The lowest BCUT2D eigenvalue weighted by Gasteiger charge is -2.07. The van der Waals surface area contributed by atoms with Gasteiger partial charge in [0.2, 0.25) is 0 Å². The number of nitrogens with one attached hydrogen (secondary N) is 1. The van der Waals surface area contributed by atoms with Gasteiger partial charge < -0.3 is 11.1 Å². The van der Waals surface area contributed by atoms with E-state index in [0.717, 1.165) is 6.20 Å². The number of hydrogen-bond donors (Lipinski definition) is 2. The Morgan fingerprint density at radius 1 is 1.37 bits per heavy atom. The van der Waals surface area contributed by atoms with Crippen LogP contribution in [0.5, 0.6) is 0 Å². The number of carbonyl (C=O) groups is 1. The van der Waals surface area contributed by atoms with Gasteiger partial charge in [-0.1, -0.05) is 6.07 Å². The maximum Gasteiger partial charge on any atom is 0.273 e. The molecule has 0 fully saturated rings. The summed E-state index contributed by atoms with van der Waals surface area (Å²) >= 11 is 0. The summed E-state index contributed by atoms with van der Waals surface area (Å²) in [5.74, 6) is -2.33. The Bertz CT molecular complexity index is 618. The molecular weight excluding hydrogens is 254 g/mol. The van der Waals surface area contributed by atoms with Crippen LogP contribution in [0.2, 0.25) is 0 Å². The van der Waals surface area contributed by atoms with Gasteiger partial charge in [0.05, 0.1) is 6.20 Å². The van der Waals surface area contributed by atoms with E-state index in [1.807, 2.05) is 0 Å². The molecule has 3 N–H and O–H groups in total. The second-order valence-electron chi connectivity index (χ2n) is 3.71. The van der Waals surface area contributed by atoms with Crippen LogP contribution in [0.25, 0.3) is 0 Å². The van der Waals surface area contributed by atoms with Crippen molar-refractivity contribution in [2.75, 3.05) is 5.73 Å². The molecule has 2 rings (SSSR count). The van der Waals surface area contributed by atoms with Gasteiger partial charge in [0, 0.05) is 24.4 Å². The standard InChI is InChI=1S/C12H10F2N4O/c13-8-4-9(14)10(17-6-8)12(19)18-5-7-2-1-3-16-11(7)15/h1-4,6H,5H2,(H2,15,16)(H,18,19). The third-order valence-corrected chi connectivity index (χ3v) is 2.39. The number of carbonyl (C=O) groups excluding carboxylic acids is 1. The van der Waals surface area contributed by atoms with Crippen LogP contribution in [-0.4, -0.2) is 15.9 Å². The normalized spacial score (nSPS) is 10.2.